The summed E-state index contributed by atoms with van der Waals surface area (Å²) in [7, 11) is 1.92. The molecule has 0 bridgehead atoms. The van der Waals surface area contributed by atoms with Crippen LogP contribution in [0.3, 0.4) is 0 Å². The summed E-state index contributed by atoms with van der Waals surface area (Å²) in [6.45, 7) is 4.84. The smallest absolute Gasteiger partial charge is 0.253 e. The molecule has 2 aliphatic rings. The number of hydrogen-bond donors (Lipinski definition) is 2. The summed E-state index contributed by atoms with van der Waals surface area (Å²) in [6, 6.07) is 14.3. The third-order valence-corrected chi connectivity index (χ3v) is 7.10. The lowest BCUT2D eigenvalue weighted by molar-refractivity contribution is -0.121. The fourth-order valence-corrected chi connectivity index (χ4v) is 4.72. The molecule has 2 fully saturated rings. The quantitative estimate of drug-likeness (QED) is 0.614. The van der Waals surface area contributed by atoms with Crippen LogP contribution in [0.4, 0.5) is 5.69 Å². The molecule has 5 rings (SSSR count). The van der Waals surface area contributed by atoms with Gasteiger partial charge in [0.25, 0.3) is 5.91 Å². The van der Waals surface area contributed by atoms with Gasteiger partial charge in [-0.15, -0.1) is 0 Å². The van der Waals surface area contributed by atoms with Crippen LogP contribution in [-0.4, -0.2) is 52.7 Å². The summed E-state index contributed by atoms with van der Waals surface area (Å²) in [5.74, 6) is 0.514. The molecule has 2 N–H and O–H groups in total. The first-order chi connectivity index (χ1) is 16.5. The van der Waals surface area contributed by atoms with Crippen molar-refractivity contribution in [3.63, 3.8) is 0 Å². The van der Waals surface area contributed by atoms with Crippen molar-refractivity contribution >= 4 is 17.5 Å². The standard InChI is InChI=1S/C27H31N5O2/c1-18-3-4-22(13-25(18)30-26(33)23-14-28-15-23)27(34)32-11-9-21(10-12-32)19-5-7-20(8-6-19)24-16-29-31(2)17-24/h3-8,13,16-17,21,23,28H,9-12,14-15H2,1-2H3,(H,30,33). The molecule has 7 heteroatoms. The van der Waals surface area contributed by atoms with E-state index in [9.17, 15) is 9.59 Å². The van der Waals surface area contributed by atoms with Gasteiger partial charge in [-0.2, -0.15) is 5.10 Å². The van der Waals surface area contributed by atoms with Crippen LogP contribution in [0.2, 0.25) is 0 Å². The van der Waals surface area contributed by atoms with Crippen LogP contribution in [-0.2, 0) is 11.8 Å². The van der Waals surface area contributed by atoms with E-state index in [1.165, 1.54) is 11.1 Å². The van der Waals surface area contributed by atoms with Gasteiger partial charge in [-0.05, 0) is 54.5 Å². The van der Waals surface area contributed by atoms with E-state index in [2.05, 4.69) is 40.0 Å². The van der Waals surface area contributed by atoms with Crippen LogP contribution >= 0.6 is 0 Å². The molecule has 2 amide bonds. The van der Waals surface area contributed by atoms with Gasteiger partial charge in [0, 0.05) is 56.2 Å². The Hall–Kier alpha value is -3.45. The lowest BCUT2D eigenvalue weighted by atomic mass is 9.88. The molecule has 3 aromatic rings. The summed E-state index contributed by atoms with van der Waals surface area (Å²) in [5, 5.41) is 10.4. The minimum absolute atomic E-state index is 0.0104. The van der Waals surface area contributed by atoms with Crippen molar-refractivity contribution in [2.24, 2.45) is 13.0 Å². The van der Waals surface area contributed by atoms with Crippen molar-refractivity contribution in [1.82, 2.24) is 20.0 Å². The Morgan fingerprint density at radius 1 is 1.03 bits per heavy atom. The van der Waals surface area contributed by atoms with Gasteiger partial charge in [-0.3, -0.25) is 14.3 Å². The number of amides is 2. The monoisotopic (exact) mass is 457 g/mol. The number of hydrogen-bond acceptors (Lipinski definition) is 4. The number of anilines is 1. The molecule has 2 aliphatic heterocycles. The second-order valence-corrected chi connectivity index (χ2v) is 9.47. The van der Waals surface area contributed by atoms with Gasteiger partial charge < -0.3 is 15.5 Å². The summed E-state index contributed by atoms with van der Waals surface area (Å²) in [6.07, 6.45) is 5.79. The summed E-state index contributed by atoms with van der Waals surface area (Å²) >= 11 is 0. The molecule has 0 unspecified atom stereocenters. The van der Waals surface area contributed by atoms with Gasteiger partial charge in [0.1, 0.15) is 0 Å². The average Bonchev–Trinajstić information content (AvgIpc) is 3.25. The number of carbonyl (C=O) groups excluding carboxylic acids is 2. The average molecular weight is 458 g/mol. The zero-order valence-electron chi connectivity index (χ0n) is 19.8. The van der Waals surface area contributed by atoms with Crippen LogP contribution in [0.25, 0.3) is 11.1 Å². The summed E-state index contributed by atoms with van der Waals surface area (Å²) < 4.78 is 1.81. The molecule has 0 aliphatic carbocycles. The Labute approximate surface area is 200 Å². The van der Waals surface area contributed by atoms with E-state index >= 15 is 0 Å². The van der Waals surface area contributed by atoms with E-state index in [-0.39, 0.29) is 17.7 Å². The number of rotatable bonds is 5. The maximum atomic E-state index is 13.2. The molecule has 7 nitrogen and oxygen atoms in total. The van der Waals surface area contributed by atoms with E-state index in [0.29, 0.717) is 24.6 Å². The van der Waals surface area contributed by atoms with E-state index in [1.807, 2.05) is 54.1 Å². The topological polar surface area (TPSA) is 79.3 Å². The second-order valence-electron chi connectivity index (χ2n) is 9.47. The highest BCUT2D eigenvalue weighted by molar-refractivity contribution is 5.98. The predicted molar refractivity (Wildman–Crippen MR) is 133 cm³/mol. The predicted octanol–water partition coefficient (Wildman–Crippen LogP) is 3.57. The molecule has 0 saturated carbocycles. The minimum Gasteiger partial charge on any atom is -0.339 e. The van der Waals surface area contributed by atoms with Gasteiger partial charge in [0.15, 0.2) is 0 Å². The number of carbonyl (C=O) groups is 2. The first-order valence-electron chi connectivity index (χ1n) is 12.0. The molecule has 1 aromatic heterocycles. The number of aromatic nitrogens is 2. The summed E-state index contributed by atoms with van der Waals surface area (Å²) in [4.78, 5) is 27.5. The molecule has 34 heavy (non-hydrogen) atoms. The van der Waals surface area contributed by atoms with Gasteiger partial charge in [-0.1, -0.05) is 30.3 Å². The number of piperidine rings is 1. The lowest BCUT2D eigenvalue weighted by Gasteiger charge is -2.32. The fourth-order valence-electron chi connectivity index (χ4n) is 4.72. The van der Waals surface area contributed by atoms with E-state index < -0.39 is 0 Å². The number of nitrogens with zero attached hydrogens (tertiary/aromatic N) is 3. The van der Waals surface area contributed by atoms with Gasteiger partial charge >= 0.3 is 0 Å². The van der Waals surface area contributed by atoms with Crippen LogP contribution in [0.1, 0.15) is 40.2 Å². The first kappa shape index (κ1) is 22.3. The third-order valence-electron chi connectivity index (χ3n) is 7.10. The van der Waals surface area contributed by atoms with Crippen LogP contribution in [0.15, 0.2) is 54.9 Å². The SMILES string of the molecule is Cc1ccc(C(=O)N2CCC(c3ccc(-c4cnn(C)c4)cc3)CC2)cc1NC(=O)C1CNC1. The Kier molecular flexibility index (Phi) is 6.20. The normalized spacial score (nSPS) is 16.8. The molecule has 0 spiro atoms. The first-order valence-corrected chi connectivity index (χ1v) is 12.0. The molecule has 2 aromatic carbocycles. The Balaban J connectivity index is 1.20. The van der Waals surface area contributed by atoms with E-state index in [4.69, 9.17) is 0 Å². The van der Waals surface area contributed by atoms with Crippen molar-refractivity contribution < 1.29 is 9.59 Å². The molecule has 2 saturated heterocycles. The Morgan fingerprint density at radius 2 is 1.76 bits per heavy atom. The van der Waals surface area contributed by atoms with Gasteiger partial charge in [0.05, 0.1) is 12.1 Å². The van der Waals surface area contributed by atoms with Crippen molar-refractivity contribution in [3.8, 4) is 11.1 Å². The van der Waals surface area contributed by atoms with Crippen molar-refractivity contribution in [1.29, 1.82) is 0 Å². The third kappa shape index (κ3) is 4.61. The van der Waals surface area contributed by atoms with Crippen molar-refractivity contribution in [2.45, 2.75) is 25.7 Å². The van der Waals surface area contributed by atoms with Crippen molar-refractivity contribution in [2.75, 3.05) is 31.5 Å². The van der Waals surface area contributed by atoms with Crippen LogP contribution in [0, 0.1) is 12.8 Å². The summed E-state index contributed by atoms with van der Waals surface area (Å²) in [5.41, 5.74) is 5.93. The number of aryl methyl sites for hydroxylation is 2. The van der Waals surface area contributed by atoms with E-state index in [0.717, 1.165) is 42.7 Å². The maximum absolute atomic E-state index is 13.2. The maximum Gasteiger partial charge on any atom is 0.253 e. The zero-order valence-corrected chi connectivity index (χ0v) is 19.8. The molecular formula is C27H31N5O2. The fraction of sp³-hybridized carbons (Fsp3) is 0.370. The number of benzene rings is 2. The minimum atomic E-state index is 0.0104. The highest BCUT2D eigenvalue weighted by Crippen LogP contribution is 2.31. The Morgan fingerprint density at radius 3 is 2.38 bits per heavy atom. The largest absolute Gasteiger partial charge is 0.339 e. The lowest BCUT2D eigenvalue weighted by Crippen LogP contribution is -2.48. The van der Waals surface area contributed by atoms with Crippen LogP contribution < -0.4 is 10.6 Å². The molecular weight excluding hydrogens is 426 g/mol. The molecule has 176 valence electrons. The molecule has 0 radical (unpaired) electrons. The Bertz CT molecular complexity index is 1190. The zero-order chi connectivity index (χ0) is 23.7. The van der Waals surface area contributed by atoms with E-state index in [1.54, 1.807) is 0 Å². The molecule has 0 atom stereocenters. The number of likely N-dealkylation sites (tertiary alicyclic amines) is 1. The highest BCUT2D eigenvalue weighted by atomic mass is 16.2. The van der Waals surface area contributed by atoms with Crippen LogP contribution in [0.5, 0.6) is 0 Å². The second kappa shape index (κ2) is 9.43. The van der Waals surface area contributed by atoms with Gasteiger partial charge in [-0.25, -0.2) is 0 Å². The van der Waals surface area contributed by atoms with Gasteiger partial charge in [0.2, 0.25) is 5.91 Å². The highest BCUT2D eigenvalue weighted by Gasteiger charge is 2.27. The number of nitrogens with one attached hydrogen (secondary N) is 2. The molecule has 3 heterocycles. The van der Waals surface area contributed by atoms with Crippen molar-refractivity contribution in [3.05, 3.63) is 71.5 Å².